The van der Waals surface area contributed by atoms with Crippen LogP contribution >= 0.6 is 0 Å². The third kappa shape index (κ3) is 7.14. The minimum Gasteiger partial charge on any atom is -0.480 e. The summed E-state index contributed by atoms with van der Waals surface area (Å²) in [6.07, 6.45) is 0.940. The second kappa shape index (κ2) is 7.85. The van der Waals surface area contributed by atoms with Crippen molar-refractivity contribution in [3.05, 3.63) is 0 Å². The number of Topliss-reactive ketones (excluding diaryl/α,β-unsaturated/α-hetero) is 1. The van der Waals surface area contributed by atoms with E-state index in [1.54, 1.807) is 0 Å². The fourth-order valence-electron chi connectivity index (χ4n) is 1.95. The molecule has 22 heavy (non-hydrogen) atoms. The van der Waals surface area contributed by atoms with Crippen LogP contribution in [-0.2, 0) is 19.2 Å². The molecule has 1 heterocycles. The molecule has 1 fully saturated rings. The topological polar surface area (TPSA) is 170 Å². The maximum Gasteiger partial charge on any atom is 0.322 e. The summed E-state index contributed by atoms with van der Waals surface area (Å²) in [6.45, 7) is 1.39. The standard InChI is InChI=1S/C13H22N4O5/c1-13(16-17-13)5-4-9(18)6-8(2-3-10(14)19)12(22)15-7-11(20)21/h8,16-17H,2-7H2,1H3,(H2,14,19)(H,15,22)(H,20,21). The lowest BCUT2D eigenvalue weighted by atomic mass is 9.93. The molecule has 9 nitrogen and oxygen atoms in total. The minimum absolute atomic E-state index is 0.0285. The van der Waals surface area contributed by atoms with Gasteiger partial charge in [0.15, 0.2) is 0 Å². The van der Waals surface area contributed by atoms with Crippen LogP contribution in [0, 0.1) is 5.92 Å². The quantitative estimate of drug-likeness (QED) is 0.293. The first-order chi connectivity index (χ1) is 10.2. The Morgan fingerprint density at radius 2 is 1.86 bits per heavy atom. The van der Waals surface area contributed by atoms with Gasteiger partial charge in [-0.15, -0.1) is 0 Å². The molecule has 1 rings (SSSR count). The fraction of sp³-hybridized carbons (Fsp3) is 0.692. The van der Waals surface area contributed by atoms with Gasteiger partial charge >= 0.3 is 5.97 Å². The van der Waals surface area contributed by atoms with Gasteiger partial charge in [0.2, 0.25) is 11.8 Å². The molecule has 1 saturated heterocycles. The monoisotopic (exact) mass is 314 g/mol. The summed E-state index contributed by atoms with van der Waals surface area (Å²) in [7, 11) is 0. The molecule has 1 aliphatic heterocycles. The van der Waals surface area contributed by atoms with Gasteiger partial charge in [0.05, 0.1) is 5.66 Å². The van der Waals surface area contributed by atoms with Gasteiger partial charge in [-0.2, -0.15) is 0 Å². The lowest BCUT2D eigenvalue weighted by Gasteiger charge is -2.15. The van der Waals surface area contributed by atoms with E-state index in [9.17, 15) is 19.2 Å². The minimum atomic E-state index is -1.17. The van der Waals surface area contributed by atoms with Gasteiger partial charge in [-0.05, 0) is 19.8 Å². The van der Waals surface area contributed by atoms with Crippen molar-refractivity contribution in [1.82, 2.24) is 16.2 Å². The van der Waals surface area contributed by atoms with Crippen molar-refractivity contribution in [3.8, 4) is 0 Å². The van der Waals surface area contributed by atoms with Crippen molar-refractivity contribution in [1.29, 1.82) is 0 Å². The number of primary amides is 1. The Balaban J connectivity index is 2.47. The molecular weight excluding hydrogens is 292 g/mol. The summed E-state index contributed by atoms with van der Waals surface area (Å²) in [5, 5.41) is 10.8. The van der Waals surface area contributed by atoms with Gasteiger partial charge in [0.25, 0.3) is 0 Å². The number of ketones is 1. The average molecular weight is 314 g/mol. The first kappa shape index (κ1) is 18.1. The molecule has 0 saturated carbocycles. The van der Waals surface area contributed by atoms with Crippen molar-refractivity contribution < 1.29 is 24.3 Å². The predicted octanol–water partition coefficient (Wildman–Crippen LogP) is -1.37. The number of aliphatic carboxylic acids is 1. The summed E-state index contributed by atoms with van der Waals surface area (Å²) < 4.78 is 0. The average Bonchev–Trinajstić information content (AvgIpc) is 3.16. The number of rotatable bonds is 11. The zero-order chi connectivity index (χ0) is 16.8. The number of carbonyl (C=O) groups is 4. The zero-order valence-corrected chi connectivity index (χ0v) is 12.5. The lowest BCUT2D eigenvalue weighted by molar-refractivity contribution is -0.139. The van der Waals surface area contributed by atoms with Crippen LogP contribution in [0.2, 0.25) is 0 Å². The van der Waals surface area contributed by atoms with Gasteiger partial charge in [0, 0.05) is 25.2 Å². The van der Waals surface area contributed by atoms with Gasteiger partial charge in [-0.1, -0.05) is 0 Å². The van der Waals surface area contributed by atoms with E-state index < -0.39 is 30.2 Å². The molecule has 0 aromatic carbocycles. The van der Waals surface area contributed by atoms with Crippen LogP contribution in [0.4, 0.5) is 0 Å². The number of hydrogen-bond donors (Lipinski definition) is 5. The van der Waals surface area contributed by atoms with E-state index in [-0.39, 0.29) is 37.1 Å². The Kier molecular flexibility index (Phi) is 6.44. The van der Waals surface area contributed by atoms with Crippen LogP contribution < -0.4 is 21.9 Å². The van der Waals surface area contributed by atoms with Gasteiger partial charge < -0.3 is 16.2 Å². The predicted molar refractivity (Wildman–Crippen MR) is 76.1 cm³/mol. The Morgan fingerprint density at radius 1 is 1.23 bits per heavy atom. The molecule has 0 radical (unpaired) electrons. The summed E-state index contributed by atoms with van der Waals surface area (Å²) >= 11 is 0. The molecule has 6 N–H and O–H groups in total. The third-order valence-electron chi connectivity index (χ3n) is 3.45. The first-order valence-electron chi connectivity index (χ1n) is 7.06. The second-order valence-corrected chi connectivity index (χ2v) is 5.64. The second-order valence-electron chi connectivity index (χ2n) is 5.64. The first-order valence-corrected chi connectivity index (χ1v) is 7.06. The number of nitrogens with one attached hydrogen (secondary N) is 3. The fourth-order valence-corrected chi connectivity index (χ4v) is 1.95. The van der Waals surface area contributed by atoms with Crippen LogP contribution in [0.5, 0.6) is 0 Å². The van der Waals surface area contributed by atoms with E-state index >= 15 is 0 Å². The SMILES string of the molecule is CC1(CCC(=O)CC(CCC(N)=O)C(=O)NCC(=O)O)NN1. The van der Waals surface area contributed by atoms with Crippen LogP contribution in [-0.4, -0.2) is 40.9 Å². The van der Waals surface area contributed by atoms with Gasteiger partial charge in [-0.25, -0.2) is 10.9 Å². The Hall–Kier alpha value is -2.00. The molecule has 9 heteroatoms. The van der Waals surface area contributed by atoms with E-state index in [4.69, 9.17) is 10.8 Å². The number of carbonyl (C=O) groups excluding carboxylic acids is 3. The van der Waals surface area contributed by atoms with E-state index in [0.717, 1.165) is 0 Å². The number of carboxylic acid groups (broad SMARTS) is 1. The molecule has 1 atom stereocenters. The molecule has 0 spiro atoms. The van der Waals surface area contributed by atoms with Crippen molar-refractivity contribution in [3.63, 3.8) is 0 Å². The maximum atomic E-state index is 11.9. The number of amides is 2. The van der Waals surface area contributed by atoms with Gasteiger partial charge in [0.1, 0.15) is 12.3 Å². The van der Waals surface area contributed by atoms with Crippen LogP contribution in [0.3, 0.4) is 0 Å². The number of nitrogens with two attached hydrogens (primary N) is 1. The molecule has 0 aromatic heterocycles. The van der Waals surface area contributed by atoms with Crippen LogP contribution in [0.1, 0.15) is 39.0 Å². The van der Waals surface area contributed by atoms with Crippen LogP contribution in [0.15, 0.2) is 0 Å². The molecule has 1 aliphatic rings. The summed E-state index contributed by atoms with van der Waals surface area (Å²) in [4.78, 5) is 45.2. The molecular formula is C13H22N4O5. The highest BCUT2D eigenvalue weighted by molar-refractivity contribution is 5.88. The van der Waals surface area contributed by atoms with E-state index in [2.05, 4.69) is 16.2 Å². The molecule has 2 amide bonds. The van der Waals surface area contributed by atoms with Crippen molar-refractivity contribution in [2.45, 2.75) is 44.7 Å². The molecule has 124 valence electrons. The normalized spacial score (nSPS) is 16.6. The highest BCUT2D eigenvalue weighted by atomic mass is 16.4. The van der Waals surface area contributed by atoms with Gasteiger partial charge in [-0.3, -0.25) is 19.2 Å². The highest BCUT2D eigenvalue weighted by Crippen LogP contribution is 2.19. The lowest BCUT2D eigenvalue weighted by Crippen LogP contribution is -2.36. The maximum absolute atomic E-state index is 11.9. The van der Waals surface area contributed by atoms with Crippen molar-refractivity contribution in [2.24, 2.45) is 11.7 Å². The number of hydrogen-bond acceptors (Lipinski definition) is 6. The Morgan fingerprint density at radius 3 is 2.36 bits per heavy atom. The Bertz CT molecular complexity index is 461. The van der Waals surface area contributed by atoms with E-state index in [1.807, 2.05) is 6.92 Å². The van der Waals surface area contributed by atoms with Crippen molar-refractivity contribution >= 4 is 23.6 Å². The number of hydrazine groups is 1. The third-order valence-corrected chi connectivity index (χ3v) is 3.45. The van der Waals surface area contributed by atoms with Crippen molar-refractivity contribution in [2.75, 3.05) is 6.54 Å². The summed E-state index contributed by atoms with van der Waals surface area (Å²) in [5.74, 6) is -3.15. The molecule has 0 aromatic rings. The smallest absolute Gasteiger partial charge is 0.322 e. The molecule has 0 aliphatic carbocycles. The summed E-state index contributed by atoms with van der Waals surface area (Å²) in [5.41, 5.74) is 10.6. The molecule has 1 unspecified atom stereocenters. The van der Waals surface area contributed by atoms with Crippen LogP contribution in [0.25, 0.3) is 0 Å². The zero-order valence-electron chi connectivity index (χ0n) is 12.5. The largest absolute Gasteiger partial charge is 0.480 e. The van der Waals surface area contributed by atoms with E-state index in [0.29, 0.717) is 6.42 Å². The van der Waals surface area contributed by atoms with E-state index in [1.165, 1.54) is 0 Å². The highest BCUT2D eigenvalue weighted by Gasteiger charge is 2.36. The Labute approximate surface area is 128 Å². The molecule has 0 bridgehead atoms. The number of carboxylic acids is 1. The summed E-state index contributed by atoms with van der Waals surface area (Å²) in [6, 6.07) is 0.